The maximum Gasteiger partial charge on any atom is 0.240 e. The zero-order valence-electron chi connectivity index (χ0n) is 8.49. The van der Waals surface area contributed by atoms with Crippen molar-refractivity contribution in [1.29, 1.82) is 0 Å². The minimum Gasteiger partial charge on any atom is -0.373 e. The van der Waals surface area contributed by atoms with E-state index in [9.17, 15) is 0 Å². The number of ether oxygens (including phenoxy) is 1. The molecular formula is C9H15BrN2O2. The smallest absolute Gasteiger partial charge is 0.240 e. The summed E-state index contributed by atoms with van der Waals surface area (Å²) < 4.78 is 10.4. The maximum atomic E-state index is 5.30. The van der Waals surface area contributed by atoms with Crippen LogP contribution in [0.15, 0.2) is 4.52 Å². The lowest BCUT2D eigenvalue weighted by atomic mass is 10.3. The van der Waals surface area contributed by atoms with Gasteiger partial charge in [0, 0.05) is 6.61 Å². The Kier molecular flexibility index (Phi) is 5.11. The molecule has 5 heteroatoms. The van der Waals surface area contributed by atoms with Crippen LogP contribution >= 0.6 is 15.9 Å². The normalized spacial score (nSPS) is 13.1. The average Bonchev–Trinajstić information content (AvgIpc) is 2.66. The van der Waals surface area contributed by atoms with E-state index < -0.39 is 0 Å². The molecule has 1 atom stereocenters. The molecule has 80 valence electrons. The fourth-order valence-electron chi connectivity index (χ4n) is 0.936. The van der Waals surface area contributed by atoms with Gasteiger partial charge >= 0.3 is 0 Å². The number of hydrogen-bond acceptors (Lipinski definition) is 4. The fraction of sp³-hybridized carbons (Fsp3) is 0.778. The van der Waals surface area contributed by atoms with Gasteiger partial charge in [0.15, 0.2) is 5.82 Å². The van der Waals surface area contributed by atoms with Gasteiger partial charge in [0.2, 0.25) is 5.89 Å². The molecule has 0 saturated carbocycles. The minimum absolute atomic E-state index is 0.148. The van der Waals surface area contributed by atoms with E-state index in [1.165, 1.54) is 0 Å². The molecule has 0 aliphatic heterocycles. The third-order valence-electron chi connectivity index (χ3n) is 1.69. The van der Waals surface area contributed by atoms with Crippen LogP contribution in [0.1, 0.15) is 43.2 Å². The largest absolute Gasteiger partial charge is 0.373 e. The molecule has 0 aromatic carbocycles. The standard InChI is InChI=1S/C9H15BrN2O2/c1-3-5-13-6-8-11-9(14-12-8)7(10)4-2/h7H,3-6H2,1-2H3. The second-order valence-corrected chi connectivity index (χ2v) is 4.08. The Morgan fingerprint density at radius 3 is 2.93 bits per heavy atom. The molecule has 0 N–H and O–H groups in total. The number of aromatic nitrogens is 2. The van der Waals surface area contributed by atoms with Crippen LogP contribution in [0.3, 0.4) is 0 Å². The van der Waals surface area contributed by atoms with Gasteiger partial charge in [-0.05, 0) is 12.8 Å². The van der Waals surface area contributed by atoms with Crippen molar-refractivity contribution in [2.45, 2.75) is 38.1 Å². The summed E-state index contributed by atoms with van der Waals surface area (Å²) in [7, 11) is 0. The Labute approximate surface area is 92.2 Å². The van der Waals surface area contributed by atoms with E-state index in [2.05, 4.69) is 39.9 Å². The van der Waals surface area contributed by atoms with E-state index in [4.69, 9.17) is 9.26 Å². The van der Waals surface area contributed by atoms with Crippen LogP contribution in [0.2, 0.25) is 0 Å². The molecular weight excluding hydrogens is 248 g/mol. The SMILES string of the molecule is CCCOCc1noc(C(Br)CC)n1. The first-order chi connectivity index (χ1) is 6.77. The molecule has 14 heavy (non-hydrogen) atoms. The lowest BCUT2D eigenvalue weighted by Crippen LogP contribution is -1.96. The molecule has 1 aromatic rings. The third kappa shape index (κ3) is 3.38. The summed E-state index contributed by atoms with van der Waals surface area (Å²) in [6.07, 6.45) is 1.93. The van der Waals surface area contributed by atoms with Crippen molar-refractivity contribution in [3.05, 3.63) is 11.7 Å². The van der Waals surface area contributed by atoms with Crippen LogP contribution in [0.25, 0.3) is 0 Å². The van der Waals surface area contributed by atoms with Crippen LogP contribution < -0.4 is 0 Å². The summed E-state index contributed by atoms with van der Waals surface area (Å²) >= 11 is 3.44. The van der Waals surface area contributed by atoms with E-state index in [1.54, 1.807) is 0 Å². The van der Waals surface area contributed by atoms with Crippen molar-refractivity contribution in [3.8, 4) is 0 Å². The summed E-state index contributed by atoms with van der Waals surface area (Å²) in [6, 6.07) is 0. The molecule has 4 nitrogen and oxygen atoms in total. The highest BCUT2D eigenvalue weighted by atomic mass is 79.9. The second kappa shape index (κ2) is 6.14. The van der Waals surface area contributed by atoms with E-state index in [-0.39, 0.29) is 4.83 Å². The predicted octanol–water partition coefficient (Wildman–Crippen LogP) is 2.84. The van der Waals surface area contributed by atoms with Crippen molar-refractivity contribution in [2.24, 2.45) is 0 Å². The molecule has 1 unspecified atom stereocenters. The molecule has 0 radical (unpaired) electrons. The van der Waals surface area contributed by atoms with E-state index in [0.29, 0.717) is 18.3 Å². The molecule has 0 bridgehead atoms. The van der Waals surface area contributed by atoms with Gasteiger partial charge in [-0.25, -0.2) is 0 Å². The average molecular weight is 263 g/mol. The molecule has 1 aromatic heterocycles. The Morgan fingerprint density at radius 1 is 1.50 bits per heavy atom. The van der Waals surface area contributed by atoms with Crippen LogP contribution in [0, 0.1) is 0 Å². The van der Waals surface area contributed by atoms with Crippen LogP contribution in [-0.2, 0) is 11.3 Å². The zero-order valence-corrected chi connectivity index (χ0v) is 10.1. The van der Waals surface area contributed by atoms with Gasteiger partial charge in [-0.1, -0.05) is 34.9 Å². The van der Waals surface area contributed by atoms with Crippen molar-refractivity contribution in [3.63, 3.8) is 0 Å². The van der Waals surface area contributed by atoms with Crippen molar-refractivity contribution in [2.75, 3.05) is 6.61 Å². The summed E-state index contributed by atoms with van der Waals surface area (Å²) in [5.41, 5.74) is 0. The lowest BCUT2D eigenvalue weighted by Gasteiger charge is -1.97. The highest BCUT2D eigenvalue weighted by molar-refractivity contribution is 9.09. The zero-order chi connectivity index (χ0) is 10.4. The number of halogens is 1. The van der Waals surface area contributed by atoms with E-state index >= 15 is 0 Å². The molecule has 0 amide bonds. The van der Waals surface area contributed by atoms with Gasteiger partial charge < -0.3 is 9.26 Å². The summed E-state index contributed by atoms with van der Waals surface area (Å²) in [6.45, 7) is 5.28. The van der Waals surface area contributed by atoms with Gasteiger partial charge in [-0.2, -0.15) is 4.98 Å². The first kappa shape index (κ1) is 11.7. The maximum absolute atomic E-state index is 5.30. The Bertz CT molecular complexity index is 265. The molecule has 0 fully saturated rings. The Balaban J connectivity index is 2.42. The monoisotopic (exact) mass is 262 g/mol. The highest BCUT2D eigenvalue weighted by Gasteiger charge is 2.13. The Hall–Kier alpha value is -0.420. The van der Waals surface area contributed by atoms with Gasteiger partial charge in [0.1, 0.15) is 6.61 Å². The second-order valence-electron chi connectivity index (χ2n) is 2.98. The molecule has 1 rings (SSSR count). The Morgan fingerprint density at radius 2 is 2.29 bits per heavy atom. The molecule has 0 aliphatic carbocycles. The minimum atomic E-state index is 0.148. The first-order valence-corrected chi connectivity index (χ1v) is 5.73. The quantitative estimate of drug-likeness (QED) is 0.585. The summed E-state index contributed by atoms with van der Waals surface area (Å²) in [5, 5.41) is 3.82. The van der Waals surface area contributed by atoms with Crippen LogP contribution in [-0.4, -0.2) is 16.7 Å². The highest BCUT2D eigenvalue weighted by Crippen LogP contribution is 2.23. The van der Waals surface area contributed by atoms with Crippen molar-refractivity contribution < 1.29 is 9.26 Å². The summed E-state index contributed by atoms with van der Waals surface area (Å²) in [4.78, 5) is 4.35. The number of hydrogen-bond donors (Lipinski definition) is 0. The fourth-order valence-corrected chi connectivity index (χ4v) is 1.12. The van der Waals surface area contributed by atoms with Gasteiger partial charge in [0.05, 0.1) is 4.83 Å². The van der Waals surface area contributed by atoms with Crippen molar-refractivity contribution >= 4 is 15.9 Å². The lowest BCUT2D eigenvalue weighted by molar-refractivity contribution is 0.114. The van der Waals surface area contributed by atoms with Crippen molar-refractivity contribution in [1.82, 2.24) is 10.1 Å². The number of rotatable bonds is 6. The third-order valence-corrected chi connectivity index (χ3v) is 2.73. The molecule has 0 aliphatic rings. The van der Waals surface area contributed by atoms with Gasteiger partial charge in [0.25, 0.3) is 0 Å². The van der Waals surface area contributed by atoms with Gasteiger partial charge in [-0.15, -0.1) is 0 Å². The predicted molar refractivity (Wildman–Crippen MR) is 56.2 cm³/mol. The van der Waals surface area contributed by atoms with Gasteiger partial charge in [-0.3, -0.25) is 0 Å². The number of alkyl halides is 1. The number of nitrogens with zero attached hydrogens (tertiary/aromatic N) is 2. The molecule has 1 heterocycles. The van der Waals surface area contributed by atoms with E-state index in [0.717, 1.165) is 19.4 Å². The summed E-state index contributed by atoms with van der Waals surface area (Å²) in [5.74, 6) is 1.24. The van der Waals surface area contributed by atoms with Crippen LogP contribution in [0.4, 0.5) is 0 Å². The van der Waals surface area contributed by atoms with E-state index in [1.807, 2.05) is 0 Å². The topological polar surface area (TPSA) is 48.2 Å². The van der Waals surface area contributed by atoms with Crippen LogP contribution in [0.5, 0.6) is 0 Å². The first-order valence-electron chi connectivity index (χ1n) is 4.82. The molecule has 0 saturated heterocycles. The molecule has 0 spiro atoms.